The SMILES string of the molecule is Cc1cc(-c2cc(C#N)cc(C)n2)cc(C#N)n1. The van der Waals surface area contributed by atoms with Crippen LogP contribution in [0, 0.1) is 36.5 Å². The number of hydrogen-bond acceptors (Lipinski definition) is 4. The summed E-state index contributed by atoms with van der Waals surface area (Å²) in [7, 11) is 0. The third kappa shape index (κ3) is 2.34. The van der Waals surface area contributed by atoms with Gasteiger partial charge in [-0.2, -0.15) is 10.5 Å². The Morgan fingerprint density at radius 2 is 1.61 bits per heavy atom. The first-order valence-electron chi connectivity index (χ1n) is 5.40. The molecule has 0 saturated carbocycles. The van der Waals surface area contributed by atoms with E-state index in [0.29, 0.717) is 17.0 Å². The molecule has 0 aliphatic rings. The van der Waals surface area contributed by atoms with Crippen LogP contribution in [0.25, 0.3) is 11.3 Å². The molecule has 0 N–H and O–H groups in total. The Kier molecular flexibility index (Phi) is 3.03. The summed E-state index contributed by atoms with van der Waals surface area (Å²) in [5.41, 5.74) is 3.94. The maximum atomic E-state index is 8.95. The van der Waals surface area contributed by atoms with Crippen molar-refractivity contribution in [1.29, 1.82) is 10.5 Å². The fourth-order valence-corrected chi connectivity index (χ4v) is 1.75. The standard InChI is InChI=1S/C14H10N4/c1-9-3-11(7-15)5-14(18-9)12-4-10(2)17-13(6-12)8-16/h3-6H,1-2H3. The fourth-order valence-electron chi connectivity index (χ4n) is 1.75. The Hall–Kier alpha value is -2.72. The lowest BCUT2D eigenvalue weighted by Gasteiger charge is -2.04. The molecule has 0 amide bonds. The predicted molar refractivity (Wildman–Crippen MR) is 66.4 cm³/mol. The molecule has 0 unspecified atom stereocenters. The number of hydrogen-bond donors (Lipinski definition) is 0. The highest BCUT2D eigenvalue weighted by Gasteiger charge is 2.06. The molecule has 2 rings (SSSR count). The average molecular weight is 234 g/mol. The van der Waals surface area contributed by atoms with E-state index in [0.717, 1.165) is 17.0 Å². The van der Waals surface area contributed by atoms with Crippen LogP contribution in [0.1, 0.15) is 22.6 Å². The van der Waals surface area contributed by atoms with Gasteiger partial charge in [-0.25, -0.2) is 4.98 Å². The minimum absolute atomic E-state index is 0.354. The monoisotopic (exact) mass is 234 g/mol. The van der Waals surface area contributed by atoms with Gasteiger partial charge in [0.25, 0.3) is 0 Å². The zero-order valence-electron chi connectivity index (χ0n) is 10.1. The number of aromatic nitrogens is 2. The van der Waals surface area contributed by atoms with Crippen molar-refractivity contribution in [1.82, 2.24) is 9.97 Å². The highest BCUT2D eigenvalue weighted by Crippen LogP contribution is 2.20. The van der Waals surface area contributed by atoms with Gasteiger partial charge >= 0.3 is 0 Å². The molecule has 0 fully saturated rings. The first-order chi connectivity index (χ1) is 8.62. The molecule has 4 nitrogen and oxygen atoms in total. The van der Waals surface area contributed by atoms with Gasteiger partial charge in [0, 0.05) is 17.0 Å². The van der Waals surface area contributed by atoms with Crippen molar-refractivity contribution in [2.75, 3.05) is 0 Å². The van der Waals surface area contributed by atoms with Crippen LogP contribution in [-0.2, 0) is 0 Å². The molecule has 2 heterocycles. The summed E-state index contributed by atoms with van der Waals surface area (Å²) in [4.78, 5) is 8.47. The lowest BCUT2D eigenvalue weighted by Crippen LogP contribution is -1.93. The van der Waals surface area contributed by atoms with Crippen LogP contribution in [0.4, 0.5) is 0 Å². The smallest absolute Gasteiger partial charge is 0.141 e. The maximum absolute atomic E-state index is 8.95. The van der Waals surface area contributed by atoms with Gasteiger partial charge in [0.1, 0.15) is 11.8 Å². The van der Waals surface area contributed by atoms with E-state index in [2.05, 4.69) is 16.0 Å². The van der Waals surface area contributed by atoms with Gasteiger partial charge in [0.15, 0.2) is 0 Å². The van der Waals surface area contributed by atoms with E-state index in [9.17, 15) is 0 Å². The summed E-state index contributed by atoms with van der Waals surface area (Å²) in [5.74, 6) is 0. The average Bonchev–Trinajstić information content (AvgIpc) is 2.37. The van der Waals surface area contributed by atoms with Crippen LogP contribution < -0.4 is 0 Å². The molecule has 2 aromatic rings. The van der Waals surface area contributed by atoms with Crippen molar-refractivity contribution in [3.05, 3.63) is 46.9 Å². The Morgan fingerprint density at radius 3 is 2.28 bits per heavy atom. The molecule has 2 aromatic heterocycles. The molecule has 4 heteroatoms. The van der Waals surface area contributed by atoms with Gasteiger partial charge in [-0.3, -0.25) is 4.98 Å². The van der Waals surface area contributed by atoms with Crippen LogP contribution in [0.15, 0.2) is 24.3 Å². The molecule has 0 saturated heterocycles. The van der Waals surface area contributed by atoms with E-state index < -0.39 is 0 Å². The van der Waals surface area contributed by atoms with Crippen LogP contribution in [0.2, 0.25) is 0 Å². The van der Waals surface area contributed by atoms with Crippen molar-refractivity contribution in [3.63, 3.8) is 0 Å². The largest absolute Gasteiger partial charge is 0.253 e. The number of pyridine rings is 2. The first kappa shape index (κ1) is 11.8. The molecule has 86 valence electrons. The summed E-state index contributed by atoms with van der Waals surface area (Å²) < 4.78 is 0. The third-order valence-corrected chi connectivity index (χ3v) is 2.45. The van der Waals surface area contributed by atoms with Crippen LogP contribution in [-0.4, -0.2) is 9.97 Å². The van der Waals surface area contributed by atoms with Gasteiger partial charge in [-0.15, -0.1) is 0 Å². The van der Waals surface area contributed by atoms with Gasteiger partial charge in [0.05, 0.1) is 17.3 Å². The van der Waals surface area contributed by atoms with Crippen molar-refractivity contribution in [2.45, 2.75) is 13.8 Å². The zero-order valence-corrected chi connectivity index (χ0v) is 10.1. The van der Waals surface area contributed by atoms with E-state index in [1.807, 2.05) is 26.0 Å². The summed E-state index contributed by atoms with van der Waals surface area (Å²) >= 11 is 0. The molecule has 0 aromatic carbocycles. The topological polar surface area (TPSA) is 73.4 Å². The minimum atomic E-state index is 0.354. The molecule has 0 aliphatic carbocycles. The summed E-state index contributed by atoms with van der Waals surface area (Å²) in [6.45, 7) is 3.66. The third-order valence-electron chi connectivity index (χ3n) is 2.45. The quantitative estimate of drug-likeness (QED) is 0.759. The van der Waals surface area contributed by atoms with Crippen LogP contribution in [0.5, 0.6) is 0 Å². The first-order valence-corrected chi connectivity index (χ1v) is 5.40. The van der Waals surface area contributed by atoms with Crippen molar-refractivity contribution in [2.24, 2.45) is 0 Å². The Bertz CT molecular complexity index is 628. The lowest BCUT2D eigenvalue weighted by atomic mass is 10.1. The Labute approximate surface area is 105 Å². The van der Waals surface area contributed by atoms with Crippen molar-refractivity contribution < 1.29 is 0 Å². The highest BCUT2D eigenvalue weighted by molar-refractivity contribution is 5.63. The second kappa shape index (κ2) is 4.65. The summed E-state index contributed by atoms with van der Waals surface area (Å²) in [5, 5.41) is 17.8. The predicted octanol–water partition coefficient (Wildman–Crippen LogP) is 2.50. The van der Waals surface area contributed by atoms with E-state index in [1.165, 1.54) is 0 Å². The molecular formula is C14H10N4. The molecule has 0 bridgehead atoms. The van der Waals surface area contributed by atoms with Crippen molar-refractivity contribution >= 4 is 0 Å². The second-order valence-electron chi connectivity index (χ2n) is 3.99. The number of nitrogens with zero attached hydrogens (tertiary/aromatic N) is 4. The zero-order chi connectivity index (χ0) is 13.1. The summed E-state index contributed by atoms with van der Waals surface area (Å²) in [6.07, 6.45) is 0. The fraction of sp³-hybridized carbons (Fsp3) is 0.143. The number of aryl methyl sites for hydroxylation is 2. The van der Waals surface area contributed by atoms with Gasteiger partial charge < -0.3 is 0 Å². The molecule has 0 radical (unpaired) electrons. The minimum Gasteiger partial charge on any atom is -0.253 e. The number of rotatable bonds is 1. The van der Waals surface area contributed by atoms with Gasteiger partial charge in [0.2, 0.25) is 0 Å². The van der Waals surface area contributed by atoms with E-state index in [1.54, 1.807) is 18.2 Å². The van der Waals surface area contributed by atoms with Crippen molar-refractivity contribution in [3.8, 4) is 23.4 Å². The van der Waals surface area contributed by atoms with Crippen LogP contribution >= 0.6 is 0 Å². The molecular weight excluding hydrogens is 224 g/mol. The van der Waals surface area contributed by atoms with Gasteiger partial charge in [-0.05, 0) is 38.1 Å². The summed E-state index contributed by atoms with van der Waals surface area (Å²) in [6, 6.07) is 11.1. The van der Waals surface area contributed by atoms with Gasteiger partial charge in [-0.1, -0.05) is 0 Å². The van der Waals surface area contributed by atoms with E-state index >= 15 is 0 Å². The van der Waals surface area contributed by atoms with E-state index in [-0.39, 0.29) is 0 Å². The normalized spacial score (nSPS) is 9.56. The number of nitriles is 2. The Morgan fingerprint density at radius 1 is 0.889 bits per heavy atom. The van der Waals surface area contributed by atoms with E-state index in [4.69, 9.17) is 10.5 Å². The second-order valence-corrected chi connectivity index (χ2v) is 3.99. The lowest BCUT2D eigenvalue weighted by molar-refractivity contribution is 1.15. The maximum Gasteiger partial charge on any atom is 0.141 e. The molecule has 0 atom stereocenters. The molecule has 0 spiro atoms. The Balaban J connectivity index is 2.62. The molecule has 18 heavy (non-hydrogen) atoms. The highest BCUT2D eigenvalue weighted by atomic mass is 14.7. The molecule has 0 aliphatic heterocycles. The van der Waals surface area contributed by atoms with Crippen LogP contribution in [0.3, 0.4) is 0 Å².